The topological polar surface area (TPSA) is 103 Å². The van der Waals surface area contributed by atoms with Gasteiger partial charge in [0.1, 0.15) is 0 Å². The molecule has 2 atom stereocenters. The maximum absolute atomic E-state index is 11.5. The molecule has 1 amide bonds. The van der Waals surface area contributed by atoms with Crippen molar-refractivity contribution in [1.82, 2.24) is 14.7 Å². The Kier molecular flexibility index (Phi) is 4.54. The van der Waals surface area contributed by atoms with Crippen LogP contribution in [0.4, 0.5) is 0 Å². The molecule has 0 aliphatic carbocycles. The first-order valence-electron chi connectivity index (χ1n) is 8.44. The number of nitrogens with zero attached hydrogens (tertiary/aromatic N) is 4. The Morgan fingerprint density at radius 3 is 2.96 bits per heavy atom. The molecule has 1 fully saturated rings. The van der Waals surface area contributed by atoms with Gasteiger partial charge in [-0.1, -0.05) is 6.92 Å². The number of aliphatic imine (C=N–C) groups is 1. The molecule has 1 aromatic rings. The van der Waals surface area contributed by atoms with Gasteiger partial charge in [0.25, 0.3) is 5.91 Å². The molecule has 1 aromatic heterocycles. The van der Waals surface area contributed by atoms with Crippen LogP contribution in [0.25, 0.3) is 0 Å². The van der Waals surface area contributed by atoms with Crippen LogP contribution in [-0.4, -0.2) is 46.2 Å². The quantitative estimate of drug-likeness (QED) is 0.629. The van der Waals surface area contributed by atoms with Gasteiger partial charge in [0.15, 0.2) is 5.96 Å². The zero-order chi connectivity index (χ0) is 16.4. The van der Waals surface area contributed by atoms with Crippen molar-refractivity contribution in [3.8, 4) is 0 Å². The van der Waals surface area contributed by atoms with Crippen molar-refractivity contribution in [3.05, 3.63) is 17.5 Å². The lowest BCUT2D eigenvalue weighted by Gasteiger charge is -2.32. The van der Waals surface area contributed by atoms with E-state index >= 15 is 0 Å². The van der Waals surface area contributed by atoms with Crippen LogP contribution in [-0.2, 0) is 13.0 Å². The zero-order valence-electron chi connectivity index (χ0n) is 13.7. The van der Waals surface area contributed by atoms with Crippen molar-refractivity contribution in [2.24, 2.45) is 28.3 Å². The van der Waals surface area contributed by atoms with Gasteiger partial charge in [-0.05, 0) is 37.5 Å². The van der Waals surface area contributed by atoms with Crippen LogP contribution in [0.2, 0.25) is 0 Å². The van der Waals surface area contributed by atoms with E-state index in [1.165, 1.54) is 12.8 Å². The minimum atomic E-state index is -0.405. The molecule has 126 valence electrons. The van der Waals surface area contributed by atoms with Crippen LogP contribution in [0.15, 0.2) is 11.2 Å². The molecule has 7 heteroatoms. The summed E-state index contributed by atoms with van der Waals surface area (Å²) in [5.41, 5.74) is 13.1. The molecule has 3 heterocycles. The number of rotatable bonds is 3. The first kappa shape index (κ1) is 15.8. The summed E-state index contributed by atoms with van der Waals surface area (Å²) in [5, 5.41) is 4.24. The maximum Gasteiger partial charge on any atom is 0.252 e. The van der Waals surface area contributed by atoms with Gasteiger partial charge >= 0.3 is 0 Å². The van der Waals surface area contributed by atoms with Crippen LogP contribution in [0.5, 0.6) is 0 Å². The van der Waals surface area contributed by atoms with E-state index in [1.807, 2.05) is 4.68 Å². The summed E-state index contributed by atoms with van der Waals surface area (Å²) in [5.74, 6) is 1.32. The molecule has 0 spiro atoms. The average Bonchev–Trinajstić information content (AvgIpc) is 2.96. The lowest BCUT2D eigenvalue weighted by atomic mass is 9.94. The first-order chi connectivity index (χ1) is 11.0. The number of hydrogen-bond donors (Lipinski definition) is 2. The van der Waals surface area contributed by atoms with Gasteiger partial charge in [0.05, 0.1) is 17.5 Å². The predicted octanol–water partition coefficient (Wildman–Crippen LogP) is 0.591. The Balaban J connectivity index is 1.62. The monoisotopic (exact) mass is 318 g/mol. The Bertz CT molecular complexity index is 608. The third-order valence-electron chi connectivity index (χ3n) is 4.94. The first-order valence-corrected chi connectivity index (χ1v) is 8.44. The number of nitrogens with two attached hydrogens (primary N) is 2. The third-order valence-corrected chi connectivity index (χ3v) is 4.94. The molecule has 0 saturated carbocycles. The minimum absolute atomic E-state index is 0.387. The second-order valence-corrected chi connectivity index (χ2v) is 6.84. The van der Waals surface area contributed by atoms with E-state index in [4.69, 9.17) is 11.5 Å². The highest BCUT2D eigenvalue weighted by Gasteiger charge is 2.24. The molecule has 23 heavy (non-hydrogen) atoms. The fourth-order valence-corrected chi connectivity index (χ4v) is 3.58. The molecule has 3 rings (SSSR count). The summed E-state index contributed by atoms with van der Waals surface area (Å²) in [6.45, 7) is 5.76. The van der Waals surface area contributed by atoms with Gasteiger partial charge in [-0.2, -0.15) is 5.10 Å². The second-order valence-electron chi connectivity index (χ2n) is 6.84. The fraction of sp³-hybridized carbons (Fsp3) is 0.688. The molecule has 4 N–H and O–H groups in total. The lowest BCUT2D eigenvalue weighted by Crippen LogP contribution is -2.43. The Labute approximate surface area is 136 Å². The number of amides is 1. The Hall–Kier alpha value is -2.05. The van der Waals surface area contributed by atoms with Crippen LogP contribution < -0.4 is 11.5 Å². The van der Waals surface area contributed by atoms with Gasteiger partial charge < -0.3 is 16.4 Å². The summed E-state index contributed by atoms with van der Waals surface area (Å²) in [6.07, 6.45) is 5.81. The van der Waals surface area contributed by atoms with E-state index in [0.29, 0.717) is 29.9 Å². The summed E-state index contributed by atoms with van der Waals surface area (Å²) in [4.78, 5) is 18.3. The van der Waals surface area contributed by atoms with Gasteiger partial charge in [-0.25, -0.2) is 0 Å². The SMILES string of the molecule is CC1CCCN(C(N)=NCC2CCn3ncc(C(N)=O)c3C2)C1. The number of carbonyl (C=O) groups excluding carboxylic acids is 1. The highest BCUT2D eigenvalue weighted by Crippen LogP contribution is 2.23. The van der Waals surface area contributed by atoms with E-state index in [2.05, 4.69) is 21.9 Å². The van der Waals surface area contributed by atoms with Crippen molar-refractivity contribution in [2.75, 3.05) is 19.6 Å². The molecule has 7 nitrogen and oxygen atoms in total. The van der Waals surface area contributed by atoms with Crippen molar-refractivity contribution in [2.45, 2.75) is 39.2 Å². The molecule has 0 bridgehead atoms. The maximum atomic E-state index is 11.5. The number of piperidine rings is 1. The normalized spacial score (nSPS) is 25.3. The number of likely N-dealkylation sites (tertiary alicyclic amines) is 1. The number of carbonyl (C=O) groups is 1. The van der Waals surface area contributed by atoms with Crippen molar-refractivity contribution < 1.29 is 4.79 Å². The molecular formula is C16H26N6O. The van der Waals surface area contributed by atoms with Gasteiger partial charge in [0.2, 0.25) is 0 Å². The molecule has 2 unspecified atom stereocenters. The Morgan fingerprint density at radius 2 is 2.22 bits per heavy atom. The van der Waals surface area contributed by atoms with E-state index < -0.39 is 5.91 Å². The van der Waals surface area contributed by atoms with Crippen molar-refractivity contribution >= 4 is 11.9 Å². The largest absolute Gasteiger partial charge is 0.370 e. The molecule has 2 aliphatic heterocycles. The molecule has 0 aromatic carbocycles. The minimum Gasteiger partial charge on any atom is -0.370 e. The summed E-state index contributed by atoms with van der Waals surface area (Å²) < 4.78 is 1.88. The van der Waals surface area contributed by atoms with Crippen molar-refractivity contribution in [3.63, 3.8) is 0 Å². The summed E-state index contributed by atoms with van der Waals surface area (Å²) >= 11 is 0. The average molecular weight is 318 g/mol. The van der Waals surface area contributed by atoms with Crippen molar-refractivity contribution in [1.29, 1.82) is 0 Å². The van der Waals surface area contributed by atoms with E-state index in [1.54, 1.807) is 6.20 Å². The standard InChI is InChI=1S/C16H26N6O/c1-11-3-2-5-21(10-11)16(18)19-8-12-4-6-22-14(7-12)13(9-20-22)15(17)23/h9,11-12H,2-8,10H2,1H3,(H2,17,23)(H2,18,19). The number of aromatic nitrogens is 2. The molecule has 1 saturated heterocycles. The van der Waals surface area contributed by atoms with E-state index in [9.17, 15) is 4.79 Å². The van der Waals surface area contributed by atoms with Gasteiger partial charge in [-0.15, -0.1) is 0 Å². The fourth-order valence-electron chi connectivity index (χ4n) is 3.58. The second kappa shape index (κ2) is 6.60. The zero-order valence-corrected chi connectivity index (χ0v) is 13.7. The number of hydrogen-bond acceptors (Lipinski definition) is 3. The van der Waals surface area contributed by atoms with Gasteiger partial charge in [0, 0.05) is 26.2 Å². The van der Waals surface area contributed by atoms with Crippen LogP contribution in [0.3, 0.4) is 0 Å². The highest BCUT2D eigenvalue weighted by molar-refractivity contribution is 5.93. The number of aryl methyl sites for hydroxylation is 1. The number of fused-ring (bicyclic) bond motifs is 1. The number of primary amides is 1. The van der Waals surface area contributed by atoms with Crippen LogP contribution in [0, 0.1) is 11.8 Å². The number of guanidine groups is 1. The highest BCUT2D eigenvalue weighted by atomic mass is 16.1. The van der Waals surface area contributed by atoms with Crippen LogP contribution in [0.1, 0.15) is 42.2 Å². The van der Waals surface area contributed by atoms with Crippen LogP contribution >= 0.6 is 0 Å². The molecule has 2 aliphatic rings. The Morgan fingerprint density at radius 1 is 1.39 bits per heavy atom. The molecular weight excluding hydrogens is 292 g/mol. The van der Waals surface area contributed by atoms with E-state index in [-0.39, 0.29) is 0 Å². The lowest BCUT2D eigenvalue weighted by molar-refractivity contribution is 0.0998. The van der Waals surface area contributed by atoms with Gasteiger partial charge in [-0.3, -0.25) is 14.5 Å². The summed E-state index contributed by atoms with van der Waals surface area (Å²) in [7, 11) is 0. The predicted molar refractivity (Wildman–Crippen MR) is 89.0 cm³/mol. The smallest absolute Gasteiger partial charge is 0.252 e. The third kappa shape index (κ3) is 3.48. The summed E-state index contributed by atoms with van der Waals surface area (Å²) in [6, 6.07) is 0. The van der Waals surface area contributed by atoms with E-state index in [0.717, 1.165) is 38.2 Å². The molecule has 0 radical (unpaired) electrons.